The van der Waals surface area contributed by atoms with Crippen LogP contribution in [0.2, 0.25) is 0 Å². The molecule has 0 spiro atoms. The highest BCUT2D eigenvalue weighted by Crippen LogP contribution is 2.22. The summed E-state index contributed by atoms with van der Waals surface area (Å²) >= 11 is 0. The second kappa shape index (κ2) is 9.40. The summed E-state index contributed by atoms with van der Waals surface area (Å²) in [5.74, 6) is 0.592. The van der Waals surface area contributed by atoms with Crippen molar-refractivity contribution in [3.63, 3.8) is 0 Å². The average molecular weight is 370 g/mol. The van der Waals surface area contributed by atoms with Crippen molar-refractivity contribution >= 4 is 6.03 Å². The van der Waals surface area contributed by atoms with Crippen LogP contribution < -0.4 is 5.32 Å². The van der Waals surface area contributed by atoms with Crippen LogP contribution in [0.1, 0.15) is 30.4 Å². The molecule has 0 bridgehead atoms. The highest BCUT2D eigenvalue weighted by molar-refractivity contribution is 5.74. The normalized spacial score (nSPS) is 14.9. The summed E-state index contributed by atoms with van der Waals surface area (Å²) in [4.78, 5) is 14.2. The van der Waals surface area contributed by atoms with Crippen LogP contribution in [0, 0.1) is 11.7 Å². The molecule has 1 fully saturated rings. The molecule has 144 valence electrons. The van der Waals surface area contributed by atoms with Crippen molar-refractivity contribution in [3.05, 3.63) is 65.5 Å². The van der Waals surface area contributed by atoms with Crippen molar-refractivity contribution in [2.45, 2.75) is 32.1 Å². The number of carbonyl (C=O) groups excluding carboxylic acids is 1. The van der Waals surface area contributed by atoms with Gasteiger partial charge in [-0.3, -0.25) is 0 Å². The molecular weight excluding hydrogens is 343 g/mol. The molecular formula is C22H27FN2O2. The molecule has 1 saturated heterocycles. The molecule has 1 aliphatic rings. The van der Waals surface area contributed by atoms with Gasteiger partial charge in [0.25, 0.3) is 0 Å². The van der Waals surface area contributed by atoms with E-state index in [1.54, 1.807) is 24.3 Å². The number of amides is 2. The van der Waals surface area contributed by atoms with Gasteiger partial charge in [-0.25, -0.2) is 9.18 Å². The first-order valence-corrected chi connectivity index (χ1v) is 9.65. The molecule has 3 rings (SSSR count). The number of likely N-dealkylation sites (tertiary alicyclic amines) is 1. The Hall–Kier alpha value is -2.56. The summed E-state index contributed by atoms with van der Waals surface area (Å²) in [6.07, 6.45) is 4.53. The van der Waals surface area contributed by atoms with E-state index in [0.717, 1.165) is 56.3 Å². The largest absolute Gasteiger partial charge is 0.508 e. The van der Waals surface area contributed by atoms with Crippen molar-refractivity contribution in [3.8, 4) is 5.75 Å². The number of benzene rings is 2. The number of nitrogens with zero attached hydrogens (tertiary/aromatic N) is 1. The van der Waals surface area contributed by atoms with Crippen molar-refractivity contribution in [1.82, 2.24) is 10.2 Å². The van der Waals surface area contributed by atoms with E-state index >= 15 is 0 Å². The van der Waals surface area contributed by atoms with Crippen molar-refractivity contribution in [1.29, 1.82) is 0 Å². The number of carbonyl (C=O) groups is 1. The molecule has 0 aromatic heterocycles. The van der Waals surface area contributed by atoms with E-state index in [1.165, 1.54) is 6.07 Å². The Bertz CT molecular complexity index is 740. The Labute approximate surface area is 160 Å². The molecule has 5 heteroatoms. The molecule has 2 N–H and O–H groups in total. The molecule has 0 atom stereocenters. The predicted octanol–water partition coefficient (Wildman–Crippen LogP) is 4.13. The molecule has 0 aliphatic carbocycles. The van der Waals surface area contributed by atoms with Crippen LogP contribution in [0.25, 0.3) is 0 Å². The maximum atomic E-state index is 13.3. The van der Waals surface area contributed by atoms with Crippen molar-refractivity contribution in [2.24, 2.45) is 5.92 Å². The Kier molecular flexibility index (Phi) is 6.69. The first kappa shape index (κ1) is 19.2. The molecule has 1 aliphatic heterocycles. The fourth-order valence-electron chi connectivity index (χ4n) is 3.60. The van der Waals surface area contributed by atoms with E-state index in [0.29, 0.717) is 12.5 Å². The van der Waals surface area contributed by atoms with Crippen molar-refractivity contribution in [2.75, 3.05) is 19.6 Å². The van der Waals surface area contributed by atoms with Crippen LogP contribution in [-0.4, -0.2) is 35.7 Å². The molecule has 4 nitrogen and oxygen atoms in total. The van der Waals surface area contributed by atoms with Gasteiger partial charge in [0.1, 0.15) is 11.6 Å². The van der Waals surface area contributed by atoms with E-state index in [-0.39, 0.29) is 17.6 Å². The fourth-order valence-corrected chi connectivity index (χ4v) is 3.60. The maximum absolute atomic E-state index is 13.3. The molecule has 1 heterocycles. The van der Waals surface area contributed by atoms with Crippen LogP contribution in [-0.2, 0) is 12.8 Å². The van der Waals surface area contributed by atoms with Gasteiger partial charge < -0.3 is 15.3 Å². The van der Waals surface area contributed by atoms with E-state index in [2.05, 4.69) is 5.32 Å². The zero-order valence-corrected chi connectivity index (χ0v) is 15.5. The number of aromatic hydroxyl groups is 1. The predicted molar refractivity (Wildman–Crippen MR) is 104 cm³/mol. The second-order valence-corrected chi connectivity index (χ2v) is 7.27. The Morgan fingerprint density at radius 2 is 1.85 bits per heavy atom. The van der Waals surface area contributed by atoms with Gasteiger partial charge in [-0.05, 0) is 73.4 Å². The third kappa shape index (κ3) is 5.98. The molecule has 0 saturated carbocycles. The Balaban J connectivity index is 1.34. The Morgan fingerprint density at radius 1 is 1.11 bits per heavy atom. The van der Waals surface area contributed by atoms with Gasteiger partial charge in [-0.1, -0.05) is 24.3 Å². The van der Waals surface area contributed by atoms with E-state index in [9.17, 15) is 14.3 Å². The van der Waals surface area contributed by atoms with Gasteiger partial charge in [-0.2, -0.15) is 0 Å². The minimum Gasteiger partial charge on any atom is -0.508 e. The second-order valence-electron chi connectivity index (χ2n) is 7.27. The van der Waals surface area contributed by atoms with Gasteiger partial charge >= 0.3 is 6.03 Å². The molecule has 0 radical (unpaired) electrons. The van der Waals surface area contributed by atoms with Gasteiger partial charge in [0.15, 0.2) is 0 Å². The van der Waals surface area contributed by atoms with Crippen molar-refractivity contribution < 1.29 is 14.3 Å². The number of urea groups is 1. The summed E-state index contributed by atoms with van der Waals surface area (Å²) in [7, 11) is 0. The van der Waals surface area contributed by atoms with Crippen LogP contribution >= 0.6 is 0 Å². The van der Waals surface area contributed by atoms with Crippen LogP contribution in [0.15, 0.2) is 48.5 Å². The topological polar surface area (TPSA) is 52.6 Å². The fraction of sp³-hybridized carbons (Fsp3) is 0.409. The van der Waals surface area contributed by atoms with Gasteiger partial charge in [0.2, 0.25) is 0 Å². The van der Waals surface area contributed by atoms with Crippen LogP contribution in [0.3, 0.4) is 0 Å². The molecule has 27 heavy (non-hydrogen) atoms. The smallest absolute Gasteiger partial charge is 0.317 e. The number of piperidine rings is 1. The lowest BCUT2D eigenvalue weighted by atomic mass is 9.90. The third-order valence-electron chi connectivity index (χ3n) is 5.17. The lowest BCUT2D eigenvalue weighted by molar-refractivity contribution is 0.170. The Morgan fingerprint density at radius 3 is 2.56 bits per heavy atom. The van der Waals surface area contributed by atoms with E-state index < -0.39 is 0 Å². The SMILES string of the molecule is O=C(NCCCc1ccc(O)cc1)N1CCC(Cc2cccc(F)c2)CC1. The molecule has 2 amide bonds. The monoisotopic (exact) mass is 370 g/mol. The lowest BCUT2D eigenvalue weighted by Crippen LogP contribution is -2.45. The highest BCUT2D eigenvalue weighted by Gasteiger charge is 2.22. The lowest BCUT2D eigenvalue weighted by Gasteiger charge is -2.32. The number of phenolic OH excluding ortho intramolecular Hbond substituents is 1. The van der Waals surface area contributed by atoms with Gasteiger partial charge in [0, 0.05) is 19.6 Å². The molecule has 2 aromatic carbocycles. The minimum absolute atomic E-state index is 0.00455. The maximum Gasteiger partial charge on any atom is 0.317 e. The minimum atomic E-state index is -0.184. The van der Waals surface area contributed by atoms with Gasteiger partial charge in [-0.15, -0.1) is 0 Å². The van der Waals surface area contributed by atoms with Crippen LogP contribution in [0.5, 0.6) is 5.75 Å². The summed E-state index contributed by atoms with van der Waals surface area (Å²) in [5, 5.41) is 12.3. The van der Waals surface area contributed by atoms with Crippen LogP contribution in [0.4, 0.5) is 9.18 Å². The molecule has 2 aromatic rings. The number of halogens is 1. The van der Waals surface area contributed by atoms with E-state index in [1.807, 2.05) is 23.1 Å². The summed E-state index contributed by atoms with van der Waals surface area (Å²) < 4.78 is 13.3. The summed E-state index contributed by atoms with van der Waals surface area (Å²) in [5.41, 5.74) is 2.19. The first-order chi connectivity index (χ1) is 13.1. The number of aryl methyl sites for hydroxylation is 1. The number of rotatable bonds is 6. The zero-order chi connectivity index (χ0) is 19.1. The standard InChI is InChI=1S/C22H27FN2O2/c23-20-5-1-3-19(16-20)15-18-10-13-25(14-11-18)22(27)24-12-2-4-17-6-8-21(26)9-7-17/h1,3,5-9,16,18,26H,2,4,10-15H2,(H,24,27). The zero-order valence-electron chi connectivity index (χ0n) is 15.5. The van der Waals surface area contributed by atoms with E-state index in [4.69, 9.17) is 0 Å². The summed E-state index contributed by atoms with van der Waals surface area (Å²) in [6, 6.07) is 14.0. The average Bonchev–Trinajstić information content (AvgIpc) is 2.67. The van der Waals surface area contributed by atoms with Gasteiger partial charge in [0.05, 0.1) is 0 Å². The number of hydrogen-bond donors (Lipinski definition) is 2. The quantitative estimate of drug-likeness (QED) is 0.751. The highest BCUT2D eigenvalue weighted by atomic mass is 19.1. The molecule has 0 unspecified atom stereocenters. The summed E-state index contributed by atoms with van der Waals surface area (Å²) in [6.45, 7) is 2.15. The number of phenols is 1. The third-order valence-corrected chi connectivity index (χ3v) is 5.17. The first-order valence-electron chi connectivity index (χ1n) is 9.65. The number of hydrogen-bond acceptors (Lipinski definition) is 2. The number of nitrogens with one attached hydrogen (secondary N) is 1.